The van der Waals surface area contributed by atoms with Gasteiger partial charge in [-0.25, -0.2) is 5.01 Å². The second-order valence-electron chi connectivity index (χ2n) is 7.66. The van der Waals surface area contributed by atoms with Crippen LogP contribution in [-0.2, 0) is 4.79 Å². The number of rotatable bonds is 8. The molecule has 7 nitrogen and oxygen atoms in total. The maximum atomic E-state index is 11.1. The number of para-hydroxylation sites is 2. The molecule has 0 aromatic heterocycles. The first-order valence-corrected chi connectivity index (χ1v) is 10.8. The SMILES string of the molecule is COc1ccccc1C1=CC(c2ccc(Oc3ccccc3)cc2)=NCN1/N=C(\C)CC(=O)O. The van der Waals surface area contributed by atoms with Gasteiger partial charge in [0.05, 0.1) is 24.9 Å². The van der Waals surface area contributed by atoms with E-state index in [1.165, 1.54) is 0 Å². The molecule has 0 bridgehead atoms. The third-order valence-electron chi connectivity index (χ3n) is 5.14. The van der Waals surface area contributed by atoms with Gasteiger partial charge in [-0.2, -0.15) is 5.10 Å². The molecule has 1 aliphatic heterocycles. The van der Waals surface area contributed by atoms with Crippen LogP contribution in [0.1, 0.15) is 24.5 Å². The molecule has 0 aliphatic carbocycles. The highest BCUT2D eigenvalue weighted by molar-refractivity contribution is 6.13. The lowest BCUT2D eigenvalue weighted by molar-refractivity contribution is -0.135. The molecule has 7 heteroatoms. The predicted octanol–water partition coefficient (Wildman–Crippen LogP) is 5.44. The van der Waals surface area contributed by atoms with Crippen LogP contribution in [0.3, 0.4) is 0 Å². The van der Waals surface area contributed by atoms with Crippen LogP contribution < -0.4 is 9.47 Å². The molecule has 4 rings (SSSR count). The van der Waals surface area contributed by atoms with Crippen molar-refractivity contribution in [3.8, 4) is 17.2 Å². The highest BCUT2D eigenvalue weighted by atomic mass is 16.5. The summed E-state index contributed by atoms with van der Waals surface area (Å²) >= 11 is 0. The van der Waals surface area contributed by atoms with Crippen molar-refractivity contribution in [2.75, 3.05) is 13.8 Å². The summed E-state index contributed by atoms with van der Waals surface area (Å²) in [5.74, 6) is 1.27. The smallest absolute Gasteiger partial charge is 0.309 e. The minimum atomic E-state index is -0.928. The van der Waals surface area contributed by atoms with E-state index in [2.05, 4.69) is 10.1 Å². The van der Waals surface area contributed by atoms with Gasteiger partial charge in [-0.1, -0.05) is 30.3 Å². The largest absolute Gasteiger partial charge is 0.496 e. The second kappa shape index (κ2) is 10.5. The number of hydrogen-bond acceptors (Lipinski definition) is 6. The molecular formula is C27H25N3O4. The average molecular weight is 456 g/mol. The van der Waals surface area contributed by atoms with Crippen LogP contribution in [0.25, 0.3) is 5.70 Å². The number of carboxylic acids is 1. The standard InChI is InChI=1S/C27H25N3O4/c1-19(16-27(31)32)29-30-18-28-24(17-25(30)23-10-6-7-11-26(23)33-2)20-12-14-22(15-13-20)34-21-8-4-3-5-9-21/h3-15,17H,16,18H2,1-2H3,(H,31,32)/b29-19+. The maximum Gasteiger partial charge on any atom is 0.309 e. The van der Waals surface area contributed by atoms with E-state index in [1.54, 1.807) is 19.0 Å². The molecule has 0 amide bonds. The molecule has 0 spiro atoms. The van der Waals surface area contributed by atoms with Gasteiger partial charge in [0.15, 0.2) is 0 Å². The number of hydrogen-bond donors (Lipinski definition) is 1. The zero-order valence-electron chi connectivity index (χ0n) is 19.0. The van der Waals surface area contributed by atoms with E-state index in [1.807, 2.05) is 84.9 Å². The number of allylic oxidation sites excluding steroid dienone is 1. The number of nitrogens with zero attached hydrogens (tertiary/aromatic N) is 3. The molecule has 3 aromatic rings. The van der Waals surface area contributed by atoms with E-state index in [0.29, 0.717) is 11.5 Å². The highest BCUT2D eigenvalue weighted by Gasteiger charge is 2.21. The molecule has 1 aliphatic rings. The number of ether oxygens (including phenoxy) is 2. The Balaban J connectivity index is 1.65. The van der Waals surface area contributed by atoms with Gasteiger partial charge in [0.2, 0.25) is 0 Å². The zero-order chi connectivity index (χ0) is 23.9. The molecule has 172 valence electrons. The first kappa shape index (κ1) is 22.8. The Bertz CT molecular complexity index is 1250. The summed E-state index contributed by atoms with van der Waals surface area (Å²) in [4.78, 5) is 15.8. The number of aliphatic carboxylic acids is 1. The van der Waals surface area contributed by atoms with Gasteiger partial charge >= 0.3 is 5.97 Å². The number of benzene rings is 3. The molecule has 0 fully saturated rings. The third kappa shape index (κ3) is 5.50. The van der Waals surface area contributed by atoms with Gasteiger partial charge in [-0.05, 0) is 61.5 Å². The summed E-state index contributed by atoms with van der Waals surface area (Å²) in [7, 11) is 1.62. The number of carbonyl (C=O) groups is 1. The monoisotopic (exact) mass is 455 g/mol. The summed E-state index contributed by atoms with van der Waals surface area (Å²) in [5, 5.41) is 15.3. The number of hydrazone groups is 1. The molecule has 0 saturated heterocycles. The van der Waals surface area contributed by atoms with Crippen LogP contribution in [0.5, 0.6) is 17.2 Å². The van der Waals surface area contributed by atoms with E-state index in [9.17, 15) is 4.79 Å². The van der Waals surface area contributed by atoms with Crippen molar-refractivity contribution in [3.05, 3.63) is 96.1 Å². The molecule has 0 saturated carbocycles. The van der Waals surface area contributed by atoms with E-state index in [4.69, 9.17) is 14.6 Å². The number of methoxy groups -OCH3 is 1. The Kier molecular flexibility index (Phi) is 7.03. The number of aliphatic imine (C=N–C) groups is 1. The normalized spacial score (nSPS) is 13.7. The van der Waals surface area contributed by atoms with E-state index >= 15 is 0 Å². The molecule has 0 unspecified atom stereocenters. The van der Waals surface area contributed by atoms with Crippen molar-refractivity contribution in [1.29, 1.82) is 0 Å². The first-order valence-electron chi connectivity index (χ1n) is 10.8. The summed E-state index contributed by atoms with van der Waals surface area (Å²) < 4.78 is 11.5. The van der Waals surface area contributed by atoms with E-state index in [-0.39, 0.29) is 13.1 Å². The molecule has 34 heavy (non-hydrogen) atoms. The van der Waals surface area contributed by atoms with Gasteiger partial charge in [0.25, 0.3) is 0 Å². The van der Waals surface area contributed by atoms with Crippen LogP contribution >= 0.6 is 0 Å². The van der Waals surface area contributed by atoms with Gasteiger partial charge in [-0.15, -0.1) is 0 Å². The molecule has 1 heterocycles. The lowest BCUT2D eigenvalue weighted by atomic mass is 10.0. The molecule has 1 N–H and O–H groups in total. The summed E-state index contributed by atoms with van der Waals surface area (Å²) in [6, 6.07) is 25.0. The predicted molar refractivity (Wildman–Crippen MR) is 133 cm³/mol. The number of carboxylic acid groups (broad SMARTS) is 1. The summed E-state index contributed by atoms with van der Waals surface area (Å²) in [5.41, 5.74) is 3.81. The Morgan fingerprint density at radius 3 is 2.38 bits per heavy atom. The fourth-order valence-corrected chi connectivity index (χ4v) is 3.58. The summed E-state index contributed by atoms with van der Waals surface area (Å²) in [6.45, 7) is 1.94. The van der Waals surface area contributed by atoms with Crippen molar-refractivity contribution in [3.63, 3.8) is 0 Å². The Labute approximate surface area is 198 Å². The average Bonchev–Trinajstić information content (AvgIpc) is 2.85. The van der Waals surface area contributed by atoms with Gasteiger partial charge in [0, 0.05) is 16.8 Å². The lowest BCUT2D eigenvalue weighted by Gasteiger charge is -2.26. The molecular weight excluding hydrogens is 430 g/mol. The zero-order valence-corrected chi connectivity index (χ0v) is 19.0. The third-order valence-corrected chi connectivity index (χ3v) is 5.14. The van der Waals surface area contributed by atoms with Crippen LogP contribution in [0.15, 0.2) is 95.0 Å². The van der Waals surface area contributed by atoms with E-state index < -0.39 is 5.97 Å². The minimum Gasteiger partial charge on any atom is -0.496 e. The van der Waals surface area contributed by atoms with Crippen molar-refractivity contribution in [1.82, 2.24) is 5.01 Å². The van der Waals surface area contributed by atoms with Crippen LogP contribution in [0.4, 0.5) is 0 Å². The van der Waals surface area contributed by atoms with Crippen LogP contribution in [-0.4, -0.2) is 41.3 Å². The summed E-state index contributed by atoms with van der Waals surface area (Å²) in [6.07, 6.45) is 1.79. The topological polar surface area (TPSA) is 83.7 Å². The Hall–Kier alpha value is -4.39. The fourth-order valence-electron chi connectivity index (χ4n) is 3.58. The van der Waals surface area contributed by atoms with Gasteiger partial charge in [-0.3, -0.25) is 9.79 Å². The van der Waals surface area contributed by atoms with Gasteiger partial charge in [0.1, 0.15) is 23.9 Å². The van der Waals surface area contributed by atoms with E-state index in [0.717, 1.165) is 34.0 Å². The van der Waals surface area contributed by atoms with Crippen LogP contribution in [0.2, 0.25) is 0 Å². The molecule has 3 aromatic carbocycles. The first-order chi connectivity index (χ1) is 16.5. The quantitative estimate of drug-likeness (QED) is 0.457. The maximum absolute atomic E-state index is 11.1. The molecule has 0 radical (unpaired) electrons. The van der Waals surface area contributed by atoms with Crippen molar-refractivity contribution in [2.24, 2.45) is 10.1 Å². The van der Waals surface area contributed by atoms with Crippen molar-refractivity contribution in [2.45, 2.75) is 13.3 Å². The second-order valence-corrected chi connectivity index (χ2v) is 7.66. The fraction of sp³-hybridized carbons (Fsp3) is 0.148. The Morgan fingerprint density at radius 1 is 1.00 bits per heavy atom. The van der Waals surface area contributed by atoms with Crippen molar-refractivity contribution < 1.29 is 19.4 Å². The molecule has 0 atom stereocenters. The highest BCUT2D eigenvalue weighted by Crippen LogP contribution is 2.31. The van der Waals surface area contributed by atoms with Crippen LogP contribution in [0, 0.1) is 0 Å². The Morgan fingerprint density at radius 2 is 1.68 bits per heavy atom. The van der Waals surface area contributed by atoms with Gasteiger partial charge < -0.3 is 14.6 Å². The minimum absolute atomic E-state index is 0.144. The van der Waals surface area contributed by atoms with Crippen molar-refractivity contribution >= 4 is 23.1 Å². The lowest BCUT2D eigenvalue weighted by Crippen LogP contribution is -2.24.